The minimum Gasteiger partial charge on any atom is -0.443 e. The van der Waals surface area contributed by atoms with Crippen LogP contribution in [0, 0.1) is 24.4 Å². The molecule has 0 saturated heterocycles. The number of aromatic nitrogens is 1. The van der Waals surface area contributed by atoms with Crippen molar-refractivity contribution >= 4 is 39.0 Å². The zero-order valence-electron chi connectivity index (χ0n) is 23.4. The predicted molar refractivity (Wildman–Crippen MR) is 149 cm³/mol. The zero-order valence-corrected chi connectivity index (χ0v) is 25.0. The molecule has 1 N–H and O–H groups in total. The molecule has 0 unspecified atom stereocenters. The number of carbonyl (C=O) groups excluding carboxylic acids is 1. The second-order valence-electron chi connectivity index (χ2n) is 10.5. The molecule has 0 atom stereocenters. The van der Waals surface area contributed by atoms with Crippen molar-refractivity contribution in [3.8, 4) is 0 Å². The molecule has 1 heterocycles. The molecule has 0 radical (unpaired) electrons. The Hall–Kier alpha value is -3.16. The van der Waals surface area contributed by atoms with E-state index in [9.17, 15) is 17.6 Å². The number of nitrogens with one attached hydrogen (secondary N) is 1. The number of rotatable bonds is 9. The highest BCUT2D eigenvalue weighted by atomic mass is 32.2. The molecule has 0 spiro atoms. The summed E-state index contributed by atoms with van der Waals surface area (Å²) in [4.78, 5) is 17.6. The van der Waals surface area contributed by atoms with Crippen LogP contribution in [0.5, 0.6) is 0 Å². The van der Waals surface area contributed by atoms with E-state index in [2.05, 4.69) is 10.3 Å². The number of sulfonamides is 1. The first kappa shape index (κ1) is 31.4. The van der Waals surface area contributed by atoms with Gasteiger partial charge in [-0.3, -0.25) is 4.90 Å². The Bertz CT molecular complexity index is 1470. The minimum atomic E-state index is -4.98. The van der Waals surface area contributed by atoms with E-state index in [-0.39, 0.29) is 34.0 Å². The van der Waals surface area contributed by atoms with Crippen LogP contribution in [0.25, 0.3) is 0 Å². The van der Waals surface area contributed by atoms with Gasteiger partial charge < -0.3 is 10.1 Å². The Labute approximate surface area is 236 Å². The molecule has 2 aromatic carbocycles. The molecule has 40 heavy (non-hydrogen) atoms. The molecule has 0 aliphatic carbocycles. The third kappa shape index (κ3) is 6.94. The molecule has 218 valence electrons. The van der Waals surface area contributed by atoms with E-state index in [1.807, 2.05) is 32.7 Å². The number of thiazole rings is 1. The van der Waals surface area contributed by atoms with Crippen molar-refractivity contribution in [3.05, 3.63) is 69.3 Å². The average molecular weight is 599 g/mol. The summed E-state index contributed by atoms with van der Waals surface area (Å²) in [6.07, 6.45) is -1.32. The molecule has 13 heteroatoms. The van der Waals surface area contributed by atoms with Gasteiger partial charge in [0.1, 0.15) is 16.3 Å². The number of halogens is 3. The molecular formula is C27H33F3N4O4S2. The monoisotopic (exact) mass is 598 g/mol. The van der Waals surface area contributed by atoms with E-state index in [0.717, 1.165) is 29.0 Å². The van der Waals surface area contributed by atoms with Gasteiger partial charge in [0.15, 0.2) is 17.5 Å². The summed E-state index contributed by atoms with van der Waals surface area (Å²) in [7, 11) is -3.08. The van der Waals surface area contributed by atoms with Crippen LogP contribution in [0.15, 0.2) is 40.1 Å². The lowest BCUT2D eigenvalue weighted by molar-refractivity contribution is 0.0608. The summed E-state index contributed by atoms with van der Waals surface area (Å²) < 4.78 is 77.6. The normalized spacial score (nSPS) is 12.2. The smallest absolute Gasteiger partial charge is 0.430 e. The van der Waals surface area contributed by atoms with E-state index < -0.39 is 44.1 Å². The molecule has 1 amide bonds. The van der Waals surface area contributed by atoms with Crippen LogP contribution in [-0.2, 0) is 27.8 Å². The number of ether oxygens (including phenoxy) is 1. The second-order valence-corrected chi connectivity index (χ2v) is 13.0. The first-order valence-electron chi connectivity index (χ1n) is 12.4. The Balaban J connectivity index is 1.96. The fraction of sp³-hybridized carbons (Fsp3) is 0.407. The Morgan fingerprint density at radius 2 is 1.77 bits per heavy atom. The average Bonchev–Trinajstić information content (AvgIpc) is 3.35. The third-order valence-corrected chi connectivity index (χ3v) is 8.37. The summed E-state index contributed by atoms with van der Waals surface area (Å²) >= 11 is 1.00. The maximum atomic E-state index is 15.3. The lowest BCUT2D eigenvalue weighted by atomic mass is 10.00. The second kappa shape index (κ2) is 12.1. The maximum absolute atomic E-state index is 15.3. The summed E-state index contributed by atoms with van der Waals surface area (Å²) in [6.45, 7) is 10.7. The van der Waals surface area contributed by atoms with Gasteiger partial charge in [0, 0.05) is 30.1 Å². The van der Waals surface area contributed by atoms with E-state index in [4.69, 9.17) is 4.74 Å². The van der Waals surface area contributed by atoms with Crippen molar-refractivity contribution in [3.63, 3.8) is 0 Å². The number of nitrogens with zero attached hydrogens (tertiary/aromatic N) is 3. The highest BCUT2D eigenvalue weighted by Gasteiger charge is 2.38. The number of anilines is 2. The van der Waals surface area contributed by atoms with Gasteiger partial charge in [0.05, 0.1) is 11.2 Å². The zero-order chi connectivity index (χ0) is 30.0. The van der Waals surface area contributed by atoms with E-state index in [1.54, 1.807) is 6.07 Å². The summed E-state index contributed by atoms with van der Waals surface area (Å²) in [5.74, 6) is -4.05. The fourth-order valence-corrected chi connectivity index (χ4v) is 5.62. The summed E-state index contributed by atoms with van der Waals surface area (Å²) in [5, 5.41) is 3.95. The lowest BCUT2D eigenvalue weighted by Gasteiger charge is -2.26. The Morgan fingerprint density at radius 1 is 1.10 bits per heavy atom. The molecule has 0 aliphatic rings. The van der Waals surface area contributed by atoms with Gasteiger partial charge >= 0.3 is 6.09 Å². The third-order valence-electron chi connectivity index (χ3n) is 6.10. The molecule has 0 bridgehead atoms. The number of hydrogen-bond donors (Lipinski definition) is 1. The quantitative estimate of drug-likeness (QED) is 0.303. The standard InChI is InChI=1S/C27H33F3N4O4S2/c1-16(2)33(7)13-19-17(3)8-9-20(28)18(19)12-31-21-10-11-22(25(30)24(21)29)40(36,37)34(23-14-39-15-32-23)26(35)38-27(4,5)6/h8-11,14-16,31H,12-13H2,1-7H3. The van der Waals surface area contributed by atoms with Crippen LogP contribution >= 0.6 is 11.3 Å². The van der Waals surface area contributed by atoms with Gasteiger partial charge in [-0.15, -0.1) is 15.6 Å². The topological polar surface area (TPSA) is 91.8 Å². The Kier molecular flexibility index (Phi) is 9.53. The number of carbonyl (C=O) groups is 1. The van der Waals surface area contributed by atoms with Gasteiger partial charge in [-0.2, -0.15) is 0 Å². The largest absolute Gasteiger partial charge is 0.443 e. The summed E-state index contributed by atoms with van der Waals surface area (Å²) in [5.41, 5.74) is 1.65. The highest BCUT2D eigenvalue weighted by Crippen LogP contribution is 2.31. The lowest BCUT2D eigenvalue weighted by Crippen LogP contribution is -2.41. The highest BCUT2D eigenvalue weighted by molar-refractivity contribution is 7.93. The first-order valence-corrected chi connectivity index (χ1v) is 14.8. The van der Waals surface area contributed by atoms with Gasteiger partial charge in [0.25, 0.3) is 10.0 Å². The number of aryl methyl sites for hydroxylation is 1. The van der Waals surface area contributed by atoms with Crippen molar-refractivity contribution in [2.75, 3.05) is 16.7 Å². The summed E-state index contributed by atoms with van der Waals surface area (Å²) in [6, 6.07) is 5.00. The van der Waals surface area contributed by atoms with Crippen LogP contribution < -0.4 is 9.62 Å². The maximum Gasteiger partial charge on any atom is 0.430 e. The van der Waals surface area contributed by atoms with Gasteiger partial charge in [-0.05, 0) is 77.9 Å². The molecular weight excluding hydrogens is 565 g/mol. The predicted octanol–water partition coefficient (Wildman–Crippen LogP) is 6.45. The number of hydrogen-bond acceptors (Lipinski definition) is 8. The van der Waals surface area contributed by atoms with Gasteiger partial charge in [0.2, 0.25) is 0 Å². The first-order chi connectivity index (χ1) is 18.5. The molecule has 1 aromatic heterocycles. The molecule has 0 aliphatic heterocycles. The van der Waals surface area contributed by atoms with Crippen LogP contribution in [0.3, 0.4) is 0 Å². The van der Waals surface area contributed by atoms with Crippen molar-refractivity contribution in [2.45, 2.75) is 71.2 Å². The number of benzene rings is 2. The van der Waals surface area contributed by atoms with E-state index in [0.29, 0.717) is 12.1 Å². The molecule has 8 nitrogen and oxygen atoms in total. The molecule has 3 aromatic rings. The SMILES string of the molecule is Cc1ccc(F)c(CNc2ccc(S(=O)(=O)N(C(=O)OC(C)(C)C)c3cscn3)c(F)c2F)c1CN(C)C(C)C. The van der Waals surface area contributed by atoms with Crippen LogP contribution in [0.2, 0.25) is 0 Å². The van der Waals surface area contributed by atoms with Crippen molar-refractivity contribution in [1.29, 1.82) is 0 Å². The van der Waals surface area contributed by atoms with Crippen molar-refractivity contribution in [2.24, 2.45) is 0 Å². The van der Waals surface area contributed by atoms with Crippen LogP contribution in [-0.4, -0.2) is 43.1 Å². The van der Waals surface area contributed by atoms with Crippen LogP contribution in [0.4, 0.5) is 29.5 Å². The fourth-order valence-electron chi connectivity index (χ4n) is 3.70. The van der Waals surface area contributed by atoms with Gasteiger partial charge in [-0.1, -0.05) is 6.07 Å². The van der Waals surface area contributed by atoms with Crippen molar-refractivity contribution < 1.29 is 31.1 Å². The minimum absolute atomic E-state index is 0.180. The molecule has 0 saturated carbocycles. The van der Waals surface area contributed by atoms with Crippen molar-refractivity contribution in [1.82, 2.24) is 9.88 Å². The van der Waals surface area contributed by atoms with E-state index in [1.165, 1.54) is 37.7 Å². The molecule has 0 fully saturated rings. The van der Waals surface area contributed by atoms with Gasteiger partial charge in [-0.25, -0.2) is 31.4 Å². The van der Waals surface area contributed by atoms with Crippen LogP contribution in [0.1, 0.15) is 51.3 Å². The number of amides is 1. The van der Waals surface area contributed by atoms with E-state index >= 15 is 8.78 Å². The molecule has 3 rings (SSSR count). The Morgan fingerprint density at radius 3 is 2.35 bits per heavy atom.